The third-order valence-corrected chi connectivity index (χ3v) is 7.14. The van der Waals surface area contributed by atoms with Crippen LogP contribution in [0.3, 0.4) is 0 Å². The molecular formula is C14H29N3O2S2. The Morgan fingerprint density at radius 3 is 2.81 bits per heavy atom. The van der Waals surface area contributed by atoms with Crippen LogP contribution in [-0.4, -0.2) is 56.4 Å². The fourth-order valence-electron chi connectivity index (χ4n) is 2.99. The molecule has 0 saturated carbocycles. The lowest BCUT2D eigenvalue weighted by Crippen LogP contribution is -2.48. The predicted molar refractivity (Wildman–Crippen MR) is 89.9 cm³/mol. The standard InChI is InChI=1S/C14H29N3O2S2/c1-2-7-15-10-13-5-3-8-17(12-13)21(18,19)16-11-14-6-4-9-20-14/h13-16H,2-12H2,1H3. The molecule has 0 spiro atoms. The van der Waals surface area contributed by atoms with E-state index in [1.807, 2.05) is 11.8 Å². The van der Waals surface area contributed by atoms with Crippen molar-refractivity contribution in [3.8, 4) is 0 Å². The highest BCUT2D eigenvalue weighted by atomic mass is 32.2. The van der Waals surface area contributed by atoms with Crippen molar-refractivity contribution in [3.63, 3.8) is 0 Å². The molecule has 2 unspecified atom stereocenters. The van der Waals surface area contributed by atoms with E-state index in [9.17, 15) is 8.42 Å². The highest BCUT2D eigenvalue weighted by molar-refractivity contribution is 8.00. The van der Waals surface area contributed by atoms with Gasteiger partial charge in [-0.15, -0.1) is 0 Å². The van der Waals surface area contributed by atoms with Crippen LogP contribution in [0.4, 0.5) is 0 Å². The van der Waals surface area contributed by atoms with Gasteiger partial charge in [-0.05, 0) is 56.9 Å². The van der Waals surface area contributed by atoms with Crippen molar-refractivity contribution >= 4 is 22.0 Å². The van der Waals surface area contributed by atoms with Crippen molar-refractivity contribution in [1.29, 1.82) is 0 Å². The van der Waals surface area contributed by atoms with Crippen LogP contribution in [0, 0.1) is 5.92 Å². The first-order valence-corrected chi connectivity index (χ1v) is 10.7. The average Bonchev–Trinajstić information content (AvgIpc) is 2.99. The third kappa shape index (κ3) is 5.71. The second-order valence-corrected chi connectivity index (χ2v) is 9.22. The first kappa shape index (κ1) is 17.5. The van der Waals surface area contributed by atoms with Crippen molar-refractivity contribution in [2.75, 3.05) is 38.5 Å². The molecule has 0 aromatic carbocycles. The molecule has 0 aromatic rings. The molecule has 7 heteroatoms. The van der Waals surface area contributed by atoms with Gasteiger partial charge in [-0.25, -0.2) is 4.72 Å². The van der Waals surface area contributed by atoms with E-state index in [2.05, 4.69) is 17.0 Å². The van der Waals surface area contributed by atoms with Crippen LogP contribution in [0.2, 0.25) is 0 Å². The minimum Gasteiger partial charge on any atom is -0.316 e. The molecule has 0 aliphatic carbocycles. The van der Waals surface area contributed by atoms with Crippen molar-refractivity contribution in [1.82, 2.24) is 14.3 Å². The van der Waals surface area contributed by atoms with Crippen molar-refractivity contribution in [3.05, 3.63) is 0 Å². The Hall–Kier alpha value is 0.180. The number of rotatable bonds is 8. The Morgan fingerprint density at radius 1 is 1.24 bits per heavy atom. The van der Waals surface area contributed by atoms with Gasteiger partial charge in [-0.3, -0.25) is 0 Å². The molecule has 2 rings (SSSR count). The fourth-order valence-corrected chi connectivity index (χ4v) is 5.67. The minimum absolute atomic E-state index is 0.447. The molecule has 2 N–H and O–H groups in total. The fraction of sp³-hybridized carbons (Fsp3) is 1.00. The zero-order valence-electron chi connectivity index (χ0n) is 13.0. The SMILES string of the molecule is CCCNCC1CCCN(S(=O)(=O)NCC2CCCS2)C1. The number of piperidine rings is 1. The molecule has 0 aromatic heterocycles. The van der Waals surface area contributed by atoms with E-state index in [0.29, 0.717) is 30.8 Å². The van der Waals surface area contributed by atoms with Gasteiger partial charge in [0.2, 0.25) is 0 Å². The Labute approximate surface area is 133 Å². The maximum absolute atomic E-state index is 12.4. The second kappa shape index (κ2) is 8.72. The lowest BCUT2D eigenvalue weighted by atomic mass is 10.00. The molecule has 2 aliphatic rings. The largest absolute Gasteiger partial charge is 0.316 e. The first-order valence-electron chi connectivity index (χ1n) is 8.19. The van der Waals surface area contributed by atoms with Crippen LogP contribution in [0.15, 0.2) is 0 Å². The van der Waals surface area contributed by atoms with Crippen LogP contribution < -0.4 is 10.0 Å². The van der Waals surface area contributed by atoms with Gasteiger partial charge in [0.25, 0.3) is 10.2 Å². The topological polar surface area (TPSA) is 61.4 Å². The molecule has 2 heterocycles. The predicted octanol–water partition coefficient (Wildman–Crippen LogP) is 1.43. The molecule has 5 nitrogen and oxygen atoms in total. The molecule has 0 bridgehead atoms. The lowest BCUT2D eigenvalue weighted by Gasteiger charge is -2.32. The van der Waals surface area contributed by atoms with Crippen molar-refractivity contribution < 1.29 is 8.42 Å². The Balaban J connectivity index is 1.77. The number of nitrogens with zero attached hydrogens (tertiary/aromatic N) is 1. The Morgan fingerprint density at radius 2 is 2.10 bits per heavy atom. The van der Waals surface area contributed by atoms with E-state index in [1.54, 1.807) is 4.31 Å². The van der Waals surface area contributed by atoms with Gasteiger partial charge in [-0.1, -0.05) is 6.92 Å². The maximum atomic E-state index is 12.4. The Kier molecular flexibility index (Phi) is 7.28. The summed E-state index contributed by atoms with van der Waals surface area (Å²) in [6.45, 7) is 6.00. The second-order valence-electron chi connectivity index (χ2n) is 6.06. The molecule has 2 aliphatic heterocycles. The van der Waals surface area contributed by atoms with Gasteiger partial charge in [0.1, 0.15) is 0 Å². The summed E-state index contributed by atoms with van der Waals surface area (Å²) in [4.78, 5) is 0. The van der Waals surface area contributed by atoms with E-state index >= 15 is 0 Å². The maximum Gasteiger partial charge on any atom is 0.279 e. The highest BCUT2D eigenvalue weighted by Crippen LogP contribution is 2.25. The summed E-state index contributed by atoms with van der Waals surface area (Å²) < 4.78 is 29.3. The zero-order chi connectivity index (χ0) is 15.1. The van der Waals surface area contributed by atoms with E-state index in [1.165, 1.54) is 12.2 Å². The van der Waals surface area contributed by atoms with Gasteiger partial charge >= 0.3 is 0 Å². The summed E-state index contributed by atoms with van der Waals surface area (Å²) in [5.41, 5.74) is 0. The normalized spacial score (nSPS) is 28.0. The monoisotopic (exact) mass is 335 g/mol. The van der Waals surface area contributed by atoms with Gasteiger partial charge in [0.05, 0.1) is 0 Å². The number of nitrogens with one attached hydrogen (secondary N) is 2. The van der Waals surface area contributed by atoms with Crippen LogP contribution in [0.1, 0.15) is 39.0 Å². The number of thioether (sulfide) groups is 1. The molecular weight excluding hydrogens is 306 g/mol. The summed E-state index contributed by atoms with van der Waals surface area (Å²) in [5.74, 6) is 1.61. The molecule has 21 heavy (non-hydrogen) atoms. The van der Waals surface area contributed by atoms with E-state index < -0.39 is 10.2 Å². The van der Waals surface area contributed by atoms with Crippen molar-refractivity contribution in [2.45, 2.75) is 44.3 Å². The average molecular weight is 336 g/mol. The van der Waals surface area contributed by atoms with Crippen LogP contribution >= 0.6 is 11.8 Å². The summed E-state index contributed by atoms with van der Waals surface area (Å²) in [6.07, 6.45) is 5.57. The van der Waals surface area contributed by atoms with Crippen LogP contribution in [0.25, 0.3) is 0 Å². The zero-order valence-corrected chi connectivity index (χ0v) is 14.6. The van der Waals surface area contributed by atoms with Gasteiger partial charge < -0.3 is 5.32 Å². The summed E-state index contributed by atoms with van der Waals surface area (Å²) in [7, 11) is -3.29. The van der Waals surface area contributed by atoms with Gasteiger partial charge in [-0.2, -0.15) is 24.5 Å². The van der Waals surface area contributed by atoms with E-state index in [4.69, 9.17) is 0 Å². The van der Waals surface area contributed by atoms with E-state index in [0.717, 1.165) is 38.8 Å². The van der Waals surface area contributed by atoms with Crippen LogP contribution in [-0.2, 0) is 10.2 Å². The summed E-state index contributed by atoms with van der Waals surface area (Å²) in [5, 5.41) is 3.87. The van der Waals surface area contributed by atoms with Gasteiger partial charge in [0, 0.05) is 24.9 Å². The van der Waals surface area contributed by atoms with Gasteiger partial charge in [0.15, 0.2) is 0 Å². The summed E-state index contributed by atoms with van der Waals surface area (Å²) in [6, 6.07) is 0. The lowest BCUT2D eigenvalue weighted by molar-refractivity contribution is 0.258. The molecule has 2 saturated heterocycles. The quantitative estimate of drug-likeness (QED) is 0.659. The number of hydrogen-bond acceptors (Lipinski definition) is 4. The smallest absolute Gasteiger partial charge is 0.279 e. The molecule has 2 fully saturated rings. The number of hydrogen-bond donors (Lipinski definition) is 2. The molecule has 124 valence electrons. The van der Waals surface area contributed by atoms with Crippen LogP contribution in [0.5, 0.6) is 0 Å². The third-order valence-electron chi connectivity index (χ3n) is 4.20. The molecule has 2 atom stereocenters. The molecule has 0 amide bonds. The summed E-state index contributed by atoms with van der Waals surface area (Å²) >= 11 is 1.89. The molecule has 0 radical (unpaired) electrons. The Bertz CT molecular complexity index is 397. The minimum atomic E-state index is -3.29. The highest BCUT2D eigenvalue weighted by Gasteiger charge is 2.29. The first-order chi connectivity index (χ1) is 10.1. The van der Waals surface area contributed by atoms with Crippen molar-refractivity contribution in [2.24, 2.45) is 5.92 Å². The van der Waals surface area contributed by atoms with E-state index in [-0.39, 0.29) is 0 Å².